The van der Waals surface area contributed by atoms with Crippen molar-refractivity contribution >= 4 is 5.91 Å². The van der Waals surface area contributed by atoms with Gasteiger partial charge in [0.1, 0.15) is 17.3 Å². The summed E-state index contributed by atoms with van der Waals surface area (Å²) in [4.78, 5) is 27.2. The average Bonchev–Trinajstić information content (AvgIpc) is 2.78. The summed E-state index contributed by atoms with van der Waals surface area (Å²) in [5.74, 6) is 0.469. The van der Waals surface area contributed by atoms with E-state index in [0.29, 0.717) is 17.1 Å². The van der Waals surface area contributed by atoms with E-state index in [4.69, 9.17) is 4.74 Å². The molecule has 8 heteroatoms. The summed E-state index contributed by atoms with van der Waals surface area (Å²) >= 11 is 0. The number of aromatic amines is 1. The van der Waals surface area contributed by atoms with Crippen LogP contribution in [0.1, 0.15) is 37.9 Å². The van der Waals surface area contributed by atoms with Crippen LogP contribution in [-0.2, 0) is 17.8 Å². The van der Waals surface area contributed by atoms with Gasteiger partial charge in [0.25, 0.3) is 5.56 Å². The number of aryl methyl sites for hydroxylation is 1. The molecule has 2 N–H and O–H groups in total. The van der Waals surface area contributed by atoms with E-state index in [1.165, 1.54) is 12.1 Å². The van der Waals surface area contributed by atoms with Gasteiger partial charge in [-0.3, -0.25) is 9.59 Å². The number of H-pyrrole nitrogens is 1. The number of nitrogens with one attached hydrogen (secondary N) is 2. The first kappa shape index (κ1) is 22.1. The Hall–Kier alpha value is -3.55. The summed E-state index contributed by atoms with van der Waals surface area (Å²) in [5.41, 5.74) is 1.28. The minimum absolute atomic E-state index is 0.0805. The van der Waals surface area contributed by atoms with Gasteiger partial charge in [0.15, 0.2) is 5.82 Å². The summed E-state index contributed by atoms with van der Waals surface area (Å²) in [6, 6.07) is 13.2. The standard InChI is InChI=1S/C23H25FN4O3/c1-3-15(2)31-19-6-4-5-17(13-19)22-26-23(30)20(27-28-22)11-12-21(29)25-14-16-7-9-18(24)10-8-16/h4-10,13,15H,3,11-12,14H2,1-2H3,(H,25,29)(H,26,28,30)/t15-/m0/s1. The number of amides is 1. The molecule has 0 bridgehead atoms. The highest BCUT2D eigenvalue weighted by atomic mass is 19.1. The lowest BCUT2D eigenvalue weighted by Gasteiger charge is -2.13. The smallest absolute Gasteiger partial charge is 0.273 e. The summed E-state index contributed by atoms with van der Waals surface area (Å²) in [6.45, 7) is 4.31. The average molecular weight is 424 g/mol. The second-order valence-electron chi connectivity index (χ2n) is 7.22. The van der Waals surface area contributed by atoms with E-state index in [-0.39, 0.29) is 48.5 Å². The van der Waals surface area contributed by atoms with E-state index in [1.54, 1.807) is 18.2 Å². The quantitative estimate of drug-likeness (QED) is 0.549. The van der Waals surface area contributed by atoms with Crippen LogP contribution in [0, 0.1) is 5.82 Å². The fourth-order valence-corrected chi connectivity index (χ4v) is 2.81. The topological polar surface area (TPSA) is 97.0 Å². The molecule has 2 aromatic carbocycles. The van der Waals surface area contributed by atoms with Crippen molar-refractivity contribution in [3.63, 3.8) is 0 Å². The van der Waals surface area contributed by atoms with Crippen molar-refractivity contribution in [2.24, 2.45) is 0 Å². The van der Waals surface area contributed by atoms with Crippen LogP contribution in [0.15, 0.2) is 53.3 Å². The minimum Gasteiger partial charge on any atom is -0.491 e. The molecule has 0 aliphatic heterocycles. The molecule has 0 aliphatic rings. The lowest BCUT2D eigenvalue weighted by atomic mass is 10.2. The van der Waals surface area contributed by atoms with Crippen molar-refractivity contribution in [1.29, 1.82) is 0 Å². The van der Waals surface area contributed by atoms with E-state index in [1.807, 2.05) is 32.0 Å². The Morgan fingerprint density at radius 1 is 1.19 bits per heavy atom. The van der Waals surface area contributed by atoms with Gasteiger partial charge in [0.05, 0.1) is 6.10 Å². The number of nitrogens with zero attached hydrogens (tertiary/aromatic N) is 2. The zero-order valence-corrected chi connectivity index (χ0v) is 17.5. The molecule has 31 heavy (non-hydrogen) atoms. The molecular weight excluding hydrogens is 399 g/mol. The van der Waals surface area contributed by atoms with E-state index in [2.05, 4.69) is 20.5 Å². The molecule has 1 heterocycles. The number of hydrogen-bond donors (Lipinski definition) is 2. The first-order valence-corrected chi connectivity index (χ1v) is 10.2. The van der Waals surface area contributed by atoms with E-state index in [9.17, 15) is 14.0 Å². The molecule has 3 rings (SSSR count). The summed E-state index contributed by atoms with van der Waals surface area (Å²) < 4.78 is 18.7. The molecule has 3 aromatic rings. The van der Waals surface area contributed by atoms with Crippen LogP contribution in [0.4, 0.5) is 4.39 Å². The Bertz CT molecular complexity index is 1080. The predicted molar refractivity (Wildman–Crippen MR) is 115 cm³/mol. The first-order valence-electron chi connectivity index (χ1n) is 10.2. The van der Waals surface area contributed by atoms with Crippen LogP contribution in [-0.4, -0.2) is 27.2 Å². The number of ether oxygens (including phenoxy) is 1. The van der Waals surface area contributed by atoms with Gasteiger partial charge < -0.3 is 15.0 Å². The van der Waals surface area contributed by atoms with Crippen molar-refractivity contribution in [3.05, 3.63) is 76.0 Å². The number of halogens is 1. The molecule has 0 unspecified atom stereocenters. The molecule has 0 radical (unpaired) electrons. The highest BCUT2D eigenvalue weighted by Crippen LogP contribution is 2.21. The number of aromatic nitrogens is 3. The fourth-order valence-electron chi connectivity index (χ4n) is 2.81. The Kier molecular flexibility index (Phi) is 7.48. The second-order valence-corrected chi connectivity index (χ2v) is 7.22. The van der Waals surface area contributed by atoms with E-state index < -0.39 is 0 Å². The van der Waals surface area contributed by atoms with Gasteiger partial charge in [0.2, 0.25) is 5.91 Å². The zero-order chi connectivity index (χ0) is 22.2. The van der Waals surface area contributed by atoms with Crippen LogP contribution >= 0.6 is 0 Å². The molecule has 0 spiro atoms. The minimum atomic E-state index is -0.385. The van der Waals surface area contributed by atoms with Gasteiger partial charge in [-0.1, -0.05) is 31.2 Å². The molecule has 1 atom stereocenters. The highest BCUT2D eigenvalue weighted by Gasteiger charge is 2.11. The van der Waals surface area contributed by atoms with Gasteiger partial charge in [0, 0.05) is 24.9 Å². The van der Waals surface area contributed by atoms with Gasteiger partial charge in [-0.15, -0.1) is 10.2 Å². The summed E-state index contributed by atoms with van der Waals surface area (Å²) in [5, 5.41) is 10.8. The Labute approximate surface area is 179 Å². The molecular formula is C23H25FN4O3. The maximum Gasteiger partial charge on any atom is 0.273 e. The van der Waals surface area contributed by atoms with Crippen molar-refractivity contribution in [1.82, 2.24) is 20.5 Å². The van der Waals surface area contributed by atoms with Crippen LogP contribution < -0.4 is 15.6 Å². The van der Waals surface area contributed by atoms with Crippen LogP contribution in [0.3, 0.4) is 0 Å². The second kappa shape index (κ2) is 10.5. The number of rotatable bonds is 9. The molecule has 0 saturated heterocycles. The summed E-state index contributed by atoms with van der Waals surface area (Å²) in [7, 11) is 0. The molecule has 7 nitrogen and oxygen atoms in total. The molecule has 1 aromatic heterocycles. The number of carbonyl (C=O) groups excluding carboxylic acids is 1. The van der Waals surface area contributed by atoms with Crippen molar-refractivity contribution in [3.8, 4) is 17.1 Å². The maximum atomic E-state index is 12.9. The van der Waals surface area contributed by atoms with Gasteiger partial charge in [-0.25, -0.2) is 4.39 Å². The Morgan fingerprint density at radius 2 is 1.97 bits per heavy atom. The third kappa shape index (κ3) is 6.47. The summed E-state index contributed by atoms with van der Waals surface area (Å²) in [6.07, 6.45) is 1.22. The molecule has 0 saturated carbocycles. The van der Waals surface area contributed by atoms with Crippen molar-refractivity contribution in [2.75, 3.05) is 0 Å². The maximum absolute atomic E-state index is 12.9. The van der Waals surface area contributed by atoms with E-state index >= 15 is 0 Å². The van der Waals surface area contributed by atoms with Gasteiger partial charge >= 0.3 is 0 Å². The SMILES string of the molecule is CC[C@H](C)Oc1cccc(-c2nnc(CCC(=O)NCc3ccc(F)cc3)c(=O)[nH]2)c1. The van der Waals surface area contributed by atoms with Crippen molar-refractivity contribution < 1.29 is 13.9 Å². The highest BCUT2D eigenvalue weighted by molar-refractivity contribution is 5.76. The van der Waals surface area contributed by atoms with Crippen molar-refractivity contribution in [2.45, 2.75) is 45.8 Å². The number of hydrogen-bond acceptors (Lipinski definition) is 5. The lowest BCUT2D eigenvalue weighted by molar-refractivity contribution is -0.121. The Balaban J connectivity index is 1.58. The molecule has 162 valence electrons. The van der Waals surface area contributed by atoms with Gasteiger partial charge in [-0.05, 0) is 43.2 Å². The predicted octanol–water partition coefficient (Wildman–Crippen LogP) is 3.40. The zero-order valence-electron chi connectivity index (χ0n) is 17.5. The van der Waals surface area contributed by atoms with Crippen LogP contribution in [0.25, 0.3) is 11.4 Å². The van der Waals surface area contributed by atoms with Crippen LogP contribution in [0.2, 0.25) is 0 Å². The number of carbonyl (C=O) groups is 1. The third-order valence-corrected chi connectivity index (χ3v) is 4.78. The largest absolute Gasteiger partial charge is 0.491 e. The fraction of sp³-hybridized carbons (Fsp3) is 0.304. The monoisotopic (exact) mass is 424 g/mol. The first-order chi connectivity index (χ1) is 14.9. The molecule has 1 amide bonds. The number of benzene rings is 2. The molecule has 0 aliphatic carbocycles. The van der Waals surface area contributed by atoms with Crippen LogP contribution in [0.5, 0.6) is 5.75 Å². The molecule has 0 fully saturated rings. The van der Waals surface area contributed by atoms with E-state index in [0.717, 1.165) is 12.0 Å². The third-order valence-electron chi connectivity index (χ3n) is 4.78. The Morgan fingerprint density at radius 3 is 2.68 bits per heavy atom. The lowest BCUT2D eigenvalue weighted by Crippen LogP contribution is -2.25. The normalized spacial score (nSPS) is 11.7. The van der Waals surface area contributed by atoms with Gasteiger partial charge in [-0.2, -0.15) is 0 Å².